The van der Waals surface area contributed by atoms with Crippen molar-refractivity contribution in [3.63, 3.8) is 0 Å². The third-order valence-electron chi connectivity index (χ3n) is 5.72. The summed E-state index contributed by atoms with van der Waals surface area (Å²) in [5.74, 6) is -0.968. The van der Waals surface area contributed by atoms with Crippen LogP contribution in [0.1, 0.15) is 10.4 Å². The summed E-state index contributed by atoms with van der Waals surface area (Å²) < 4.78 is 6.16. The standard InChI is InChI=1S/C21H20N2O3S/c24-19(22-11-14-5-2-1-3-6-14)17-16-8-9-21(26-16)13-23(20(25)18(17)21)12-15-7-4-10-27-15/h1-10,16-18H,11-13H2,(H,22,24)/t16-,17?,18-,21?/m0/s1. The molecule has 5 rings (SSSR count). The van der Waals surface area contributed by atoms with E-state index in [9.17, 15) is 9.59 Å². The van der Waals surface area contributed by atoms with Crippen LogP contribution in [0.5, 0.6) is 0 Å². The molecule has 1 N–H and O–H groups in total. The molecule has 27 heavy (non-hydrogen) atoms. The summed E-state index contributed by atoms with van der Waals surface area (Å²) in [7, 11) is 0. The van der Waals surface area contributed by atoms with Crippen molar-refractivity contribution in [3.05, 3.63) is 70.4 Å². The van der Waals surface area contributed by atoms with Gasteiger partial charge in [-0.3, -0.25) is 9.59 Å². The normalized spacial score (nSPS) is 30.7. The van der Waals surface area contributed by atoms with Crippen molar-refractivity contribution in [3.8, 4) is 0 Å². The summed E-state index contributed by atoms with van der Waals surface area (Å²) in [4.78, 5) is 29.0. The van der Waals surface area contributed by atoms with Crippen LogP contribution in [0.15, 0.2) is 60.0 Å². The lowest BCUT2D eigenvalue weighted by molar-refractivity contribution is -0.137. The molecule has 0 saturated carbocycles. The van der Waals surface area contributed by atoms with Crippen LogP contribution >= 0.6 is 11.3 Å². The van der Waals surface area contributed by atoms with Gasteiger partial charge in [0, 0.05) is 11.4 Å². The van der Waals surface area contributed by atoms with E-state index in [1.54, 1.807) is 11.3 Å². The molecule has 6 heteroatoms. The summed E-state index contributed by atoms with van der Waals surface area (Å²) in [5.41, 5.74) is 0.394. The first-order chi connectivity index (χ1) is 13.2. The van der Waals surface area contributed by atoms with Gasteiger partial charge in [0.05, 0.1) is 31.0 Å². The van der Waals surface area contributed by atoms with Gasteiger partial charge in [-0.25, -0.2) is 0 Å². The van der Waals surface area contributed by atoms with Gasteiger partial charge in [0.15, 0.2) is 0 Å². The Bertz CT molecular complexity index is 895. The maximum atomic E-state index is 13.1. The average Bonchev–Trinajstić information content (AvgIpc) is 3.44. The zero-order chi connectivity index (χ0) is 18.4. The maximum absolute atomic E-state index is 13.1. The van der Waals surface area contributed by atoms with E-state index in [2.05, 4.69) is 5.32 Å². The highest BCUT2D eigenvalue weighted by Crippen LogP contribution is 2.52. The summed E-state index contributed by atoms with van der Waals surface area (Å²) in [6.45, 7) is 1.55. The van der Waals surface area contributed by atoms with Gasteiger partial charge in [-0.2, -0.15) is 0 Å². The molecule has 138 valence electrons. The number of likely N-dealkylation sites (tertiary alicyclic amines) is 1. The van der Waals surface area contributed by atoms with Crippen molar-refractivity contribution in [2.45, 2.75) is 24.8 Å². The Morgan fingerprint density at radius 2 is 2.11 bits per heavy atom. The molecule has 1 aromatic carbocycles. The summed E-state index contributed by atoms with van der Waals surface area (Å²) in [6.07, 6.45) is 3.64. The summed E-state index contributed by atoms with van der Waals surface area (Å²) >= 11 is 1.64. The van der Waals surface area contributed by atoms with Gasteiger partial charge < -0.3 is 15.0 Å². The molecule has 2 saturated heterocycles. The van der Waals surface area contributed by atoms with Crippen LogP contribution < -0.4 is 5.32 Å². The zero-order valence-corrected chi connectivity index (χ0v) is 15.5. The Kier molecular flexibility index (Phi) is 3.91. The predicted octanol–water partition coefficient (Wildman–Crippen LogP) is 2.35. The molecule has 0 radical (unpaired) electrons. The van der Waals surface area contributed by atoms with Crippen LogP contribution in [0.25, 0.3) is 0 Å². The van der Waals surface area contributed by atoms with Gasteiger partial charge in [-0.15, -0.1) is 11.3 Å². The van der Waals surface area contributed by atoms with Gasteiger partial charge in [0.25, 0.3) is 0 Å². The molecule has 1 aromatic heterocycles. The van der Waals surface area contributed by atoms with Crippen molar-refractivity contribution in [2.24, 2.45) is 11.8 Å². The van der Waals surface area contributed by atoms with Crippen LogP contribution in [0.3, 0.4) is 0 Å². The van der Waals surface area contributed by atoms with Gasteiger partial charge in [-0.05, 0) is 17.0 Å². The molecule has 3 aliphatic rings. The molecule has 2 bridgehead atoms. The fourth-order valence-corrected chi connectivity index (χ4v) is 5.22. The molecule has 4 atom stereocenters. The van der Waals surface area contributed by atoms with Crippen molar-refractivity contribution in [1.29, 1.82) is 0 Å². The van der Waals surface area contributed by atoms with Crippen LogP contribution in [0.4, 0.5) is 0 Å². The second-order valence-electron chi connectivity index (χ2n) is 7.38. The Labute approximate surface area is 161 Å². The number of rotatable bonds is 5. The zero-order valence-electron chi connectivity index (χ0n) is 14.7. The Balaban J connectivity index is 1.33. The van der Waals surface area contributed by atoms with Gasteiger partial charge in [-0.1, -0.05) is 48.6 Å². The predicted molar refractivity (Wildman–Crippen MR) is 102 cm³/mol. The molecule has 5 nitrogen and oxygen atoms in total. The number of thiophene rings is 1. The molecule has 2 unspecified atom stereocenters. The highest BCUT2D eigenvalue weighted by Gasteiger charge is 2.66. The number of amides is 2. The first-order valence-electron chi connectivity index (χ1n) is 9.16. The highest BCUT2D eigenvalue weighted by atomic mass is 32.1. The SMILES string of the molecule is O=C(NCc1ccccc1)C1[C@@H]2C=CC3(CN(Cc4cccs4)C(=O)[C@H]13)O2. The molecule has 0 aliphatic carbocycles. The average molecular weight is 380 g/mol. The van der Waals surface area contributed by atoms with Crippen molar-refractivity contribution in [1.82, 2.24) is 10.2 Å². The number of nitrogens with one attached hydrogen (secondary N) is 1. The molecule has 2 fully saturated rings. The largest absolute Gasteiger partial charge is 0.360 e. The Morgan fingerprint density at radius 3 is 2.89 bits per heavy atom. The van der Waals surface area contributed by atoms with E-state index in [-0.39, 0.29) is 17.9 Å². The minimum atomic E-state index is -0.645. The quantitative estimate of drug-likeness (QED) is 0.810. The fraction of sp³-hybridized carbons (Fsp3) is 0.333. The number of hydrogen-bond donors (Lipinski definition) is 1. The molecular weight excluding hydrogens is 360 g/mol. The molecule has 2 amide bonds. The number of carbonyl (C=O) groups is 2. The van der Waals surface area contributed by atoms with Crippen LogP contribution in [0.2, 0.25) is 0 Å². The summed E-state index contributed by atoms with van der Waals surface area (Å²) in [5, 5.41) is 5.01. The second kappa shape index (κ2) is 6.32. The number of hydrogen-bond acceptors (Lipinski definition) is 4. The summed E-state index contributed by atoms with van der Waals surface area (Å²) in [6, 6.07) is 13.8. The Hall–Kier alpha value is -2.44. The van der Waals surface area contributed by atoms with E-state index in [1.807, 2.05) is 64.9 Å². The molecule has 1 spiro atoms. The van der Waals surface area contributed by atoms with Crippen LogP contribution in [0, 0.1) is 11.8 Å². The smallest absolute Gasteiger partial charge is 0.230 e. The maximum Gasteiger partial charge on any atom is 0.230 e. The number of ether oxygens (including phenoxy) is 1. The monoisotopic (exact) mass is 380 g/mol. The van der Waals surface area contributed by atoms with E-state index in [4.69, 9.17) is 4.74 Å². The van der Waals surface area contributed by atoms with E-state index in [0.29, 0.717) is 19.6 Å². The second-order valence-corrected chi connectivity index (χ2v) is 8.41. The molecule has 2 aromatic rings. The van der Waals surface area contributed by atoms with Gasteiger partial charge in [0.2, 0.25) is 11.8 Å². The lowest BCUT2D eigenvalue weighted by atomic mass is 9.77. The van der Waals surface area contributed by atoms with Crippen molar-refractivity contribution in [2.75, 3.05) is 6.54 Å². The number of benzene rings is 1. The van der Waals surface area contributed by atoms with Crippen molar-refractivity contribution >= 4 is 23.2 Å². The number of nitrogens with zero attached hydrogens (tertiary/aromatic N) is 1. The number of carbonyl (C=O) groups excluding carboxylic acids is 2. The van der Waals surface area contributed by atoms with Crippen molar-refractivity contribution < 1.29 is 14.3 Å². The third-order valence-corrected chi connectivity index (χ3v) is 6.58. The lowest BCUT2D eigenvalue weighted by Gasteiger charge is -2.23. The van der Waals surface area contributed by atoms with E-state index in [1.165, 1.54) is 0 Å². The number of fused-ring (bicyclic) bond motifs is 1. The van der Waals surface area contributed by atoms with Gasteiger partial charge in [0.1, 0.15) is 5.60 Å². The minimum absolute atomic E-state index is 0.0233. The van der Waals surface area contributed by atoms with E-state index < -0.39 is 17.4 Å². The first-order valence-corrected chi connectivity index (χ1v) is 10.0. The molecular formula is C21H20N2O3S. The molecule has 3 aliphatic heterocycles. The minimum Gasteiger partial charge on any atom is -0.360 e. The van der Waals surface area contributed by atoms with Crippen LogP contribution in [-0.4, -0.2) is 35.0 Å². The lowest BCUT2D eigenvalue weighted by Crippen LogP contribution is -2.43. The topological polar surface area (TPSA) is 58.6 Å². The van der Waals surface area contributed by atoms with Crippen LogP contribution in [-0.2, 0) is 27.4 Å². The first kappa shape index (κ1) is 16.7. The van der Waals surface area contributed by atoms with Gasteiger partial charge >= 0.3 is 0 Å². The Morgan fingerprint density at radius 1 is 1.26 bits per heavy atom. The van der Waals surface area contributed by atoms with E-state index in [0.717, 1.165) is 10.4 Å². The van der Waals surface area contributed by atoms with E-state index >= 15 is 0 Å². The third kappa shape index (κ3) is 2.71. The highest BCUT2D eigenvalue weighted by molar-refractivity contribution is 7.09. The fourth-order valence-electron chi connectivity index (χ4n) is 4.51. The molecule has 4 heterocycles.